The predicted molar refractivity (Wildman–Crippen MR) is 92.1 cm³/mol. The van der Waals surface area contributed by atoms with Gasteiger partial charge in [-0.1, -0.05) is 30.7 Å². The van der Waals surface area contributed by atoms with Gasteiger partial charge in [-0.2, -0.15) is 0 Å². The lowest BCUT2D eigenvalue weighted by Crippen LogP contribution is -2.32. The molecule has 1 fully saturated rings. The number of hydrogen-bond donors (Lipinski definition) is 2. The molecule has 0 heterocycles. The Morgan fingerprint density at radius 3 is 2.59 bits per heavy atom. The van der Waals surface area contributed by atoms with Crippen LogP contribution in [0.1, 0.15) is 44.6 Å². The van der Waals surface area contributed by atoms with Crippen molar-refractivity contribution in [3.8, 4) is 5.75 Å². The molecule has 0 amide bonds. The van der Waals surface area contributed by atoms with Crippen LogP contribution in [-0.4, -0.2) is 18.6 Å². The van der Waals surface area contributed by atoms with Gasteiger partial charge in [-0.3, -0.25) is 0 Å². The summed E-state index contributed by atoms with van der Waals surface area (Å²) in [6.45, 7) is 6.99. The van der Waals surface area contributed by atoms with Crippen molar-refractivity contribution in [2.45, 2.75) is 51.7 Å². The number of guanidine groups is 1. The van der Waals surface area contributed by atoms with Gasteiger partial charge >= 0.3 is 0 Å². The molecule has 1 aliphatic carbocycles. The molecule has 22 heavy (non-hydrogen) atoms. The fourth-order valence-electron chi connectivity index (χ4n) is 2.52. The quantitative estimate of drug-likeness (QED) is 0.481. The summed E-state index contributed by atoms with van der Waals surface area (Å²) in [4.78, 5) is 4.31. The first-order valence-electron chi connectivity index (χ1n) is 8.07. The molecular formula is C18H27N3O. The van der Waals surface area contributed by atoms with Crippen LogP contribution >= 0.6 is 0 Å². The maximum absolute atomic E-state index is 6.02. The molecule has 120 valence electrons. The molecule has 3 N–H and O–H groups in total. The zero-order valence-electron chi connectivity index (χ0n) is 13.5. The molecule has 1 aliphatic rings. The lowest BCUT2D eigenvalue weighted by atomic mass is 9.98. The van der Waals surface area contributed by atoms with Crippen molar-refractivity contribution in [3.05, 3.63) is 42.0 Å². The van der Waals surface area contributed by atoms with Crippen LogP contribution in [0, 0.1) is 0 Å². The first-order chi connectivity index (χ1) is 10.6. The lowest BCUT2D eigenvalue weighted by molar-refractivity contribution is 0.155. The summed E-state index contributed by atoms with van der Waals surface area (Å²) in [6, 6.07) is 8.15. The largest absolute Gasteiger partial charge is 0.490 e. The van der Waals surface area contributed by atoms with Crippen LogP contribution in [0.2, 0.25) is 0 Å². The van der Waals surface area contributed by atoms with Crippen molar-refractivity contribution in [1.82, 2.24) is 5.32 Å². The van der Waals surface area contributed by atoms with Gasteiger partial charge in [0, 0.05) is 6.54 Å². The Morgan fingerprint density at radius 1 is 1.27 bits per heavy atom. The van der Waals surface area contributed by atoms with E-state index in [0.717, 1.165) is 16.9 Å². The van der Waals surface area contributed by atoms with E-state index >= 15 is 0 Å². The highest BCUT2D eigenvalue weighted by molar-refractivity contribution is 5.78. The van der Waals surface area contributed by atoms with Crippen LogP contribution in [0.4, 0.5) is 0 Å². The summed E-state index contributed by atoms with van der Waals surface area (Å²) in [7, 11) is 0. The maximum atomic E-state index is 6.02. The van der Waals surface area contributed by atoms with Gasteiger partial charge in [0.05, 0.1) is 12.6 Å². The van der Waals surface area contributed by atoms with Gasteiger partial charge in [-0.25, -0.2) is 4.99 Å². The van der Waals surface area contributed by atoms with Crippen molar-refractivity contribution >= 4 is 5.96 Å². The number of benzene rings is 1. The molecule has 0 bridgehead atoms. The van der Waals surface area contributed by atoms with Gasteiger partial charge in [0.15, 0.2) is 5.96 Å². The maximum Gasteiger partial charge on any atom is 0.189 e. The minimum absolute atomic E-state index is 0.389. The number of nitrogens with one attached hydrogen (secondary N) is 1. The van der Waals surface area contributed by atoms with Gasteiger partial charge in [0.2, 0.25) is 0 Å². The zero-order valence-corrected chi connectivity index (χ0v) is 13.5. The van der Waals surface area contributed by atoms with Crippen LogP contribution in [0.15, 0.2) is 41.4 Å². The van der Waals surface area contributed by atoms with E-state index in [1.807, 2.05) is 31.2 Å². The van der Waals surface area contributed by atoms with E-state index in [9.17, 15) is 0 Å². The van der Waals surface area contributed by atoms with Gasteiger partial charge in [0.25, 0.3) is 0 Å². The molecule has 4 heteroatoms. The van der Waals surface area contributed by atoms with Gasteiger partial charge < -0.3 is 15.8 Å². The summed E-state index contributed by atoms with van der Waals surface area (Å²) in [5.74, 6) is 1.40. The molecule has 0 radical (unpaired) electrons. The molecule has 1 saturated carbocycles. The van der Waals surface area contributed by atoms with E-state index in [-0.39, 0.29) is 0 Å². The number of nitrogens with zero attached hydrogens (tertiary/aromatic N) is 1. The van der Waals surface area contributed by atoms with Gasteiger partial charge in [0.1, 0.15) is 5.75 Å². The monoisotopic (exact) mass is 301 g/mol. The number of aliphatic imine (C=N–C) groups is 1. The third kappa shape index (κ3) is 5.80. The van der Waals surface area contributed by atoms with Crippen LogP contribution in [-0.2, 0) is 6.54 Å². The number of ether oxygens (including phenoxy) is 1. The normalized spacial score (nSPS) is 16.3. The smallest absolute Gasteiger partial charge is 0.189 e. The molecule has 1 aromatic rings. The highest BCUT2D eigenvalue weighted by Gasteiger charge is 2.14. The lowest BCUT2D eigenvalue weighted by Gasteiger charge is -2.23. The Labute approximate surface area is 133 Å². The van der Waals surface area contributed by atoms with Crippen molar-refractivity contribution < 1.29 is 4.74 Å². The molecule has 2 rings (SSSR count). The molecule has 0 unspecified atom stereocenters. The van der Waals surface area contributed by atoms with Crippen LogP contribution < -0.4 is 15.8 Å². The van der Waals surface area contributed by atoms with Crippen molar-refractivity contribution in [2.24, 2.45) is 10.7 Å². The van der Waals surface area contributed by atoms with E-state index in [2.05, 4.69) is 16.9 Å². The highest BCUT2D eigenvalue weighted by atomic mass is 16.5. The summed E-state index contributed by atoms with van der Waals surface area (Å²) in [6.07, 6.45) is 6.66. The van der Waals surface area contributed by atoms with Crippen LogP contribution in [0.5, 0.6) is 5.75 Å². The second-order valence-corrected chi connectivity index (χ2v) is 6.03. The predicted octanol–water partition coefficient (Wildman–Crippen LogP) is 3.38. The highest BCUT2D eigenvalue weighted by Crippen LogP contribution is 2.23. The Hall–Kier alpha value is -1.97. The van der Waals surface area contributed by atoms with E-state index in [1.54, 1.807) is 0 Å². The SMILES string of the molecule is C=C(C)CNC(N)=NCc1ccc(OC2CCCCC2)cc1. The molecule has 0 saturated heterocycles. The van der Waals surface area contributed by atoms with Gasteiger partial charge in [-0.05, 0) is 50.3 Å². The van der Waals surface area contributed by atoms with Gasteiger partial charge in [-0.15, -0.1) is 0 Å². The second kappa shape index (κ2) is 8.47. The van der Waals surface area contributed by atoms with Crippen molar-refractivity contribution in [1.29, 1.82) is 0 Å². The summed E-state index contributed by atoms with van der Waals surface area (Å²) in [5.41, 5.74) is 7.95. The first-order valence-corrected chi connectivity index (χ1v) is 8.07. The first kappa shape index (κ1) is 16.4. The summed E-state index contributed by atoms with van der Waals surface area (Å²) in [5, 5.41) is 3.02. The van der Waals surface area contributed by atoms with E-state index < -0.39 is 0 Å². The average Bonchev–Trinajstić information content (AvgIpc) is 2.53. The number of nitrogens with two attached hydrogens (primary N) is 1. The molecular weight excluding hydrogens is 274 g/mol. The summed E-state index contributed by atoms with van der Waals surface area (Å²) >= 11 is 0. The third-order valence-electron chi connectivity index (χ3n) is 3.78. The van der Waals surface area contributed by atoms with E-state index in [1.165, 1.54) is 32.1 Å². The zero-order chi connectivity index (χ0) is 15.8. The molecule has 0 atom stereocenters. The fourth-order valence-corrected chi connectivity index (χ4v) is 2.52. The number of rotatable bonds is 6. The van der Waals surface area contributed by atoms with E-state index in [4.69, 9.17) is 10.5 Å². The Kier molecular flexibility index (Phi) is 6.31. The molecule has 0 aliphatic heterocycles. The number of hydrogen-bond acceptors (Lipinski definition) is 2. The third-order valence-corrected chi connectivity index (χ3v) is 3.78. The second-order valence-electron chi connectivity index (χ2n) is 6.03. The van der Waals surface area contributed by atoms with Crippen molar-refractivity contribution in [2.75, 3.05) is 6.54 Å². The topological polar surface area (TPSA) is 59.6 Å². The average molecular weight is 301 g/mol. The van der Waals surface area contributed by atoms with Crippen LogP contribution in [0.3, 0.4) is 0 Å². The molecule has 0 aromatic heterocycles. The van der Waals surface area contributed by atoms with Crippen molar-refractivity contribution in [3.63, 3.8) is 0 Å². The summed E-state index contributed by atoms with van der Waals surface area (Å²) < 4.78 is 6.02. The minimum Gasteiger partial charge on any atom is -0.490 e. The Balaban J connectivity index is 1.80. The minimum atomic E-state index is 0.389. The van der Waals surface area contributed by atoms with E-state index in [0.29, 0.717) is 25.2 Å². The van der Waals surface area contributed by atoms with Crippen LogP contribution in [0.25, 0.3) is 0 Å². The standard InChI is InChI=1S/C18H27N3O/c1-14(2)12-20-18(19)21-13-15-8-10-17(11-9-15)22-16-6-4-3-5-7-16/h8-11,16H,1,3-7,12-13H2,2H3,(H3,19,20,21). The molecule has 1 aromatic carbocycles. The molecule has 4 nitrogen and oxygen atoms in total. The Bertz CT molecular complexity index is 502. The Morgan fingerprint density at radius 2 is 1.95 bits per heavy atom. The fraction of sp³-hybridized carbons (Fsp3) is 0.500. The molecule has 0 spiro atoms.